The summed E-state index contributed by atoms with van der Waals surface area (Å²) in [5.41, 5.74) is 3.93. The monoisotopic (exact) mass is 493 g/mol. The van der Waals surface area contributed by atoms with Crippen LogP contribution < -0.4 is 14.8 Å². The Labute approximate surface area is 197 Å². The third-order valence-corrected chi connectivity index (χ3v) is 5.18. The first-order chi connectivity index (χ1) is 16.5. The number of benzene rings is 2. The molecule has 186 valence electrons. The molecule has 0 bridgehead atoms. The molecule has 2 heterocycles. The number of aromatic nitrogens is 2. The molecule has 0 saturated carbocycles. The first kappa shape index (κ1) is 25.4. The number of aliphatic carboxylic acids is 1. The second-order valence-electron chi connectivity index (χ2n) is 7.62. The summed E-state index contributed by atoms with van der Waals surface area (Å²) in [5, 5.41) is 27.1. The lowest BCUT2D eigenvalue weighted by Gasteiger charge is -2.25. The van der Waals surface area contributed by atoms with E-state index in [4.69, 9.17) is 19.4 Å². The van der Waals surface area contributed by atoms with E-state index >= 15 is 0 Å². The van der Waals surface area contributed by atoms with Crippen molar-refractivity contribution in [2.75, 3.05) is 19.0 Å². The molecule has 1 amide bonds. The van der Waals surface area contributed by atoms with Crippen molar-refractivity contribution < 1.29 is 42.4 Å². The average Bonchev–Trinajstić information content (AvgIpc) is 3.25. The number of phenols is 1. The van der Waals surface area contributed by atoms with E-state index in [0.717, 1.165) is 33.9 Å². The number of methoxy groups -OCH3 is 1. The fourth-order valence-corrected chi connectivity index (χ4v) is 3.35. The average molecular weight is 493 g/mol. The van der Waals surface area contributed by atoms with Gasteiger partial charge in [-0.2, -0.15) is 18.3 Å². The Balaban J connectivity index is 0.000000429. The number of hydrogen-bond acceptors (Lipinski definition) is 6. The van der Waals surface area contributed by atoms with Gasteiger partial charge >= 0.3 is 12.1 Å². The zero-order chi connectivity index (χ0) is 25.8. The van der Waals surface area contributed by atoms with E-state index < -0.39 is 12.1 Å². The Kier molecular flexibility index (Phi) is 7.52. The van der Waals surface area contributed by atoms with Crippen molar-refractivity contribution in [1.82, 2.24) is 10.2 Å². The normalized spacial score (nSPS) is 14.6. The number of H-pyrrole nitrogens is 1. The molecule has 4 N–H and O–H groups in total. The third-order valence-electron chi connectivity index (χ3n) is 5.18. The molecule has 12 heteroatoms. The largest absolute Gasteiger partial charge is 0.506 e. The topological polar surface area (TPSA) is 134 Å². The summed E-state index contributed by atoms with van der Waals surface area (Å²) >= 11 is 0. The molecule has 3 aromatic rings. The summed E-state index contributed by atoms with van der Waals surface area (Å²) in [6.07, 6.45) is -2.83. The number of aromatic hydroxyl groups is 1. The Morgan fingerprint density at radius 1 is 1.23 bits per heavy atom. The molecule has 1 atom stereocenters. The van der Waals surface area contributed by atoms with Crippen LogP contribution in [0.1, 0.15) is 11.3 Å². The van der Waals surface area contributed by atoms with Crippen molar-refractivity contribution in [3.05, 3.63) is 53.9 Å². The molecule has 1 unspecified atom stereocenters. The van der Waals surface area contributed by atoms with Crippen molar-refractivity contribution in [2.45, 2.75) is 19.5 Å². The van der Waals surface area contributed by atoms with Crippen LogP contribution in [0.2, 0.25) is 0 Å². The Morgan fingerprint density at radius 2 is 1.94 bits per heavy atom. The smallest absolute Gasteiger partial charge is 0.490 e. The number of amides is 1. The molecule has 0 fully saturated rings. The third kappa shape index (κ3) is 6.22. The van der Waals surface area contributed by atoms with Gasteiger partial charge in [0.15, 0.2) is 0 Å². The van der Waals surface area contributed by atoms with Crippen molar-refractivity contribution in [3.63, 3.8) is 0 Å². The zero-order valence-corrected chi connectivity index (χ0v) is 18.6. The van der Waals surface area contributed by atoms with Gasteiger partial charge in [-0.3, -0.25) is 9.89 Å². The van der Waals surface area contributed by atoms with E-state index in [2.05, 4.69) is 15.5 Å². The molecule has 0 aliphatic carbocycles. The van der Waals surface area contributed by atoms with Crippen molar-refractivity contribution in [3.8, 4) is 28.4 Å². The van der Waals surface area contributed by atoms with Crippen LogP contribution in [0.4, 0.5) is 18.9 Å². The van der Waals surface area contributed by atoms with Crippen LogP contribution in [-0.4, -0.2) is 52.2 Å². The number of nitrogens with zero attached hydrogens (tertiary/aromatic N) is 1. The maximum Gasteiger partial charge on any atom is 0.490 e. The number of nitrogens with one attached hydrogen (secondary N) is 2. The maximum absolute atomic E-state index is 12.7. The number of ether oxygens (including phenoxy) is 2. The fraction of sp³-hybridized carbons (Fsp3) is 0.261. The zero-order valence-electron chi connectivity index (χ0n) is 18.6. The van der Waals surface area contributed by atoms with Gasteiger partial charge < -0.3 is 25.0 Å². The van der Waals surface area contributed by atoms with E-state index in [1.54, 1.807) is 25.4 Å². The highest BCUT2D eigenvalue weighted by molar-refractivity contribution is 5.95. The molecule has 2 aromatic carbocycles. The van der Waals surface area contributed by atoms with E-state index in [-0.39, 0.29) is 24.2 Å². The molecule has 9 nitrogen and oxygen atoms in total. The van der Waals surface area contributed by atoms with Gasteiger partial charge in [-0.25, -0.2) is 4.79 Å². The van der Waals surface area contributed by atoms with Gasteiger partial charge in [-0.05, 0) is 54.8 Å². The highest BCUT2D eigenvalue weighted by Crippen LogP contribution is 2.33. The number of carbonyl (C=O) groups excluding carboxylic acids is 1. The summed E-state index contributed by atoms with van der Waals surface area (Å²) < 4.78 is 42.7. The van der Waals surface area contributed by atoms with Crippen molar-refractivity contribution >= 4 is 17.6 Å². The van der Waals surface area contributed by atoms with E-state index in [1.165, 1.54) is 0 Å². The number of aromatic amines is 1. The molecule has 0 radical (unpaired) electrons. The minimum absolute atomic E-state index is 0.00486. The molecule has 1 aromatic heterocycles. The van der Waals surface area contributed by atoms with Crippen LogP contribution in [0.5, 0.6) is 17.2 Å². The van der Waals surface area contributed by atoms with Gasteiger partial charge in [0, 0.05) is 11.3 Å². The Bertz CT molecular complexity index is 1230. The highest BCUT2D eigenvalue weighted by Gasteiger charge is 2.38. The molecule has 35 heavy (non-hydrogen) atoms. The molecular weight excluding hydrogens is 471 g/mol. The first-order valence-corrected chi connectivity index (χ1v) is 10.2. The summed E-state index contributed by atoms with van der Waals surface area (Å²) in [6.45, 7) is 2.20. The number of rotatable bonds is 4. The van der Waals surface area contributed by atoms with Gasteiger partial charge in [-0.15, -0.1) is 0 Å². The van der Waals surface area contributed by atoms with Crippen LogP contribution in [-0.2, 0) is 16.0 Å². The standard InChI is InChI=1S/C21H21N3O4.C2HF3O2/c1-12-17(10-22-24-12)13-3-5-18(19(25)9-13)23-21(26)15-7-14-8-16(27-2)4-6-20(14)28-11-15;3-2(4,5)1(6)7/h3-6,8-10,15,25H,7,11H2,1-2H3,(H,22,24)(H,23,26);(H,6,7). The molecule has 0 saturated heterocycles. The van der Waals surface area contributed by atoms with E-state index in [9.17, 15) is 23.1 Å². The number of carboxylic acid groups (broad SMARTS) is 1. The molecular formula is C23H22F3N3O6. The van der Waals surface area contributed by atoms with E-state index in [0.29, 0.717) is 12.1 Å². The Hall–Kier alpha value is -4.22. The number of carbonyl (C=O) groups is 2. The summed E-state index contributed by atoms with van der Waals surface area (Å²) in [4.78, 5) is 21.6. The lowest BCUT2D eigenvalue weighted by atomic mass is 9.95. The quantitative estimate of drug-likeness (QED) is 0.405. The van der Waals surface area contributed by atoms with Crippen molar-refractivity contribution in [2.24, 2.45) is 5.92 Å². The number of anilines is 1. The number of halogens is 3. The molecule has 0 spiro atoms. The van der Waals surface area contributed by atoms with Crippen LogP contribution in [0.3, 0.4) is 0 Å². The predicted octanol–water partition coefficient (Wildman–Crippen LogP) is 3.92. The number of carboxylic acids is 1. The van der Waals surface area contributed by atoms with Crippen LogP contribution in [0.15, 0.2) is 42.6 Å². The van der Waals surface area contributed by atoms with Gasteiger partial charge in [0.05, 0.1) is 24.9 Å². The minimum Gasteiger partial charge on any atom is -0.506 e. The SMILES string of the molecule is COc1ccc2c(c1)CC(C(=O)Nc1ccc(-c3cn[nH]c3C)cc1O)CO2.O=C(O)C(F)(F)F. The van der Waals surface area contributed by atoms with Crippen LogP contribution in [0, 0.1) is 12.8 Å². The van der Waals surface area contributed by atoms with Crippen LogP contribution >= 0.6 is 0 Å². The van der Waals surface area contributed by atoms with E-state index in [1.807, 2.05) is 31.2 Å². The maximum atomic E-state index is 12.7. The summed E-state index contributed by atoms with van der Waals surface area (Å²) in [6, 6.07) is 10.7. The molecule has 4 rings (SSSR count). The predicted molar refractivity (Wildman–Crippen MR) is 118 cm³/mol. The van der Waals surface area contributed by atoms with Gasteiger partial charge in [0.25, 0.3) is 0 Å². The Morgan fingerprint density at radius 3 is 2.51 bits per heavy atom. The first-order valence-electron chi connectivity index (χ1n) is 10.2. The molecule has 1 aliphatic rings. The second kappa shape index (κ2) is 10.4. The minimum atomic E-state index is -5.08. The number of aryl methyl sites for hydroxylation is 1. The second-order valence-corrected chi connectivity index (χ2v) is 7.62. The lowest BCUT2D eigenvalue weighted by molar-refractivity contribution is -0.192. The number of fused-ring (bicyclic) bond motifs is 1. The van der Waals surface area contributed by atoms with Gasteiger partial charge in [0.1, 0.15) is 23.9 Å². The van der Waals surface area contributed by atoms with Gasteiger partial charge in [0.2, 0.25) is 5.91 Å². The molecule has 1 aliphatic heterocycles. The highest BCUT2D eigenvalue weighted by atomic mass is 19.4. The van der Waals surface area contributed by atoms with Crippen LogP contribution in [0.25, 0.3) is 11.1 Å². The lowest BCUT2D eigenvalue weighted by Crippen LogP contribution is -2.32. The number of hydrogen-bond donors (Lipinski definition) is 4. The fourth-order valence-electron chi connectivity index (χ4n) is 3.35. The summed E-state index contributed by atoms with van der Waals surface area (Å²) in [5.74, 6) is -1.80. The number of phenolic OH excluding ortho intramolecular Hbond substituents is 1. The van der Waals surface area contributed by atoms with Crippen molar-refractivity contribution in [1.29, 1.82) is 0 Å². The number of alkyl halides is 3. The summed E-state index contributed by atoms with van der Waals surface area (Å²) in [7, 11) is 1.60. The van der Waals surface area contributed by atoms with Gasteiger partial charge in [-0.1, -0.05) is 6.07 Å².